The van der Waals surface area contributed by atoms with Crippen molar-refractivity contribution in [2.24, 2.45) is 0 Å². The predicted molar refractivity (Wildman–Crippen MR) is 60.0 cm³/mol. The molecule has 2 nitrogen and oxygen atoms in total. The topological polar surface area (TPSA) is 26.3 Å². The van der Waals surface area contributed by atoms with Crippen LogP contribution in [0.25, 0.3) is 10.8 Å². The summed E-state index contributed by atoms with van der Waals surface area (Å²) >= 11 is 1.18. The molecule has 0 saturated heterocycles. The van der Waals surface area contributed by atoms with Crippen LogP contribution in [0.1, 0.15) is 5.56 Å². The van der Waals surface area contributed by atoms with E-state index in [0.29, 0.717) is 6.61 Å². The Hall–Kier alpha value is -1.48. The van der Waals surface area contributed by atoms with Crippen molar-refractivity contribution in [1.29, 1.82) is 0 Å². The van der Waals surface area contributed by atoms with Crippen LogP contribution in [0.15, 0.2) is 41.3 Å². The van der Waals surface area contributed by atoms with Crippen LogP contribution in [0.3, 0.4) is 0 Å². The third-order valence-electron chi connectivity index (χ3n) is 2.49. The van der Waals surface area contributed by atoms with Gasteiger partial charge in [0.2, 0.25) is 0 Å². The summed E-state index contributed by atoms with van der Waals surface area (Å²) in [6, 6.07) is 12.2. The van der Waals surface area contributed by atoms with Crippen LogP contribution in [0.5, 0.6) is 0 Å². The number of hydrogen-bond donors (Lipinski definition) is 0. The molecule has 3 rings (SSSR count). The molecule has 0 radical (unpaired) electrons. The lowest BCUT2D eigenvalue weighted by atomic mass is 10.1. The molecule has 74 valence electrons. The van der Waals surface area contributed by atoms with E-state index in [1.54, 1.807) is 0 Å². The predicted octanol–water partition coefficient (Wildman–Crippen LogP) is 3.58. The maximum Gasteiger partial charge on any atom is 0.372 e. The highest BCUT2D eigenvalue weighted by Gasteiger charge is 2.19. The van der Waals surface area contributed by atoms with E-state index >= 15 is 0 Å². The van der Waals surface area contributed by atoms with Gasteiger partial charge in [-0.15, -0.1) is 0 Å². The Labute approximate surface area is 91.2 Å². The van der Waals surface area contributed by atoms with Crippen molar-refractivity contribution >= 4 is 27.8 Å². The molecule has 0 fully saturated rings. The van der Waals surface area contributed by atoms with Crippen molar-refractivity contribution in [3.8, 4) is 0 Å². The Morgan fingerprint density at radius 2 is 2.00 bits per heavy atom. The molecule has 1 aliphatic heterocycles. The molecule has 0 unspecified atom stereocenters. The minimum Gasteiger partial charge on any atom is -0.452 e. The van der Waals surface area contributed by atoms with Crippen molar-refractivity contribution in [3.05, 3.63) is 42.0 Å². The van der Waals surface area contributed by atoms with Gasteiger partial charge in [0.05, 0.1) is 0 Å². The van der Waals surface area contributed by atoms with Crippen LogP contribution < -0.4 is 0 Å². The lowest BCUT2D eigenvalue weighted by molar-refractivity contribution is 0.165. The van der Waals surface area contributed by atoms with Gasteiger partial charge in [-0.05, 0) is 22.5 Å². The minimum atomic E-state index is -0.209. The lowest BCUT2D eigenvalue weighted by Crippen LogP contribution is -2.06. The molecular weight excluding hydrogens is 208 g/mol. The van der Waals surface area contributed by atoms with E-state index in [1.165, 1.54) is 17.1 Å². The molecule has 0 atom stereocenters. The number of thioether (sulfide) groups is 1. The van der Waals surface area contributed by atoms with E-state index in [2.05, 4.69) is 12.1 Å². The maximum atomic E-state index is 11.2. The standard InChI is InChI=1S/C12H8O2S/c13-12-14-7-9-6-5-8-3-1-2-4-10(8)11(9)15-12/h1-6H,7H2. The Balaban J connectivity index is 2.32. The van der Waals surface area contributed by atoms with E-state index in [9.17, 15) is 4.79 Å². The first kappa shape index (κ1) is 8.80. The number of fused-ring (bicyclic) bond motifs is 3. The van der Waals surface area contributed by atoms with Crippen LogP contribution in [0.2, 0.25) is 0 Å². The normalized spacial score (nSPS) is 14.8. The first-order chi connectivity index (χ1) is 7.34. The van der Waals surface area contributed by atoms with Gasteiger partial charge in [-0.25, -0.2) is 4.79 Å². The molecule has 0 aliphatic carbocycles. The zero-order valence-electron chi connectivity index (χ0n) is 7.90. The van der Waals surface area contributed by atoms with Gasteiger partial charge in [0, 0.05) is 10.5 Å². The highest BCUT2D eigenvalue weighted by atomic mass is 32.2. The number of carbonyl (C=O) groups excluding carboxylic acids is 1. The van der Waals surface area contributed by atoms with E-state index in [0.717, 1.165) is 15.8 Å². The van der Waals surface area contributed by atoms with Crippen LogP contribution >= 0.6 is 11.8 Å². The summed E-state index contributed by atoms with van der Waals surface area (Å²) in [7, 11) is 0. The zero-order valence-corrected chi connectivity index (χ0v) is 8.71. The van der Waals surface area contributed by atoms with Crippen LogP contribution in [0.4, 0.5) is 4.79 Å². The van der Waals surface area contributed by atoms with Crippen molar-refractivity contribution in [2.45, 2.75) is 11.5 Å². The van der Waals surface area contributed by atoms with Gasteiger partial charge < -0.3 is 4.74 Å². The fraction of sp³-hybridized carbons (Fsp3) is 0.0833. The van der Waals surface area contributed by atoms with Crippen molar-refractivity contribution in [3.63, 3.8) is 0 Å². The number of cyclic esters (lactones) is 1. The number of ether oxygens (including phenoxy) is 1. The van der Waals surface area contributed by atoms with E-state index in [-0.39, 0.29) is 5.30 Å². The van der Waals surface area contributed by atoms with Gasteiger partial charge in [-0.1, -0.05) is 36.4 Å². The van der Waals surface area contributed by atoms with E-state index in [4.69, 9.17) is 4.74 Å². The Morgan fingerprint density at radius 1 is 1.13 bits per heavy atom. The van der Waals surface area contributed by atoms with Crippen LogP contribution in [0, 0.1) is 0 Å². The molecule has 0 bridgehead atoms. The molecule has 0 saturated carbocycles. The fourth-order valence-electron chi connectivity index (χ4n) is 1.77. The number of hydrogen-bond acceptors (Lipinski definition) is 3. The quantitative estimate of drug-likeness (QED) is 0.629. The molecule has 0 N–H and O–H groups in total. The van der Waals surface area contributed by atoms with Gasteiger partial charge in [0.25, 0.3) is 0 Å². The van der Waals surface area contributed by atoms with Crippen molar-refractivity contribution in [1.82, 2.24) is 0 Å². The van der Waals surface area contributed by atoms with Gasteiger partial charge in [0.15, 0.2) is 0 Å². The van der Waals surface area contributed by atoms with Gasteiger partial charge in [0.1, 0.15) is 6.61 Å². The van der Waals surface area contributed by atoms with E-state index < -0.39 is 0 Å². The molecule has 0 spiro atoms. The third kappa shape index (κ3) is 1.39. The van der Waals surface area contributed by atoms with Crippen molar-refractivity contribution < 1.29 is 9.53 Å². The fourth-order valence-corrected chi connectivity index (χ4v) is 2.61. The monoisotopic (exact) mass is 216 g/mol. The molecule has 3 heteroatoms. The summed E-state index contributed by atoms with van der Waals surface area (Å²) in [4.78, 5) is 12.3. The summed E-state index contributed by atoms with van der Waals surface area (Å²) in [5.74, 6) is 0. The molecule has 15 heavy (non-hydrogen) atoms. The Morgan fingerprint density at radius 3 is 2.93 bits per heavy atom. The second kappa shape index (κ2) is 3.28. The number of carbonyl (C=O) groups is 1. The molecule has 1 aliphatic rings. The van der Waals surface area contributed by atoms with E-state index in [1.807, 2.05) is 24.3 Å². The second-order valence-electron chi connectivity index (χ2n) is 3.42. The smallest absolute Gasteiger partial charge is 0.372 e. The molecule has 1 heterocycles. The lowest BCUT2D eigenvalue weighted by Gasteiger charge is -2.16. The van der Waals surface area contributed by atoms with Gasteiger partial charge in [-0.3, -0.25) is 0 Å². The molecular formula is C12H8O2S. The van der Waals surface area contributed by atoms with Gasteiger partial charge in [-0.2, -0.15) is 0 Å². The number of benzene rings is 2. The second-order valence-corrected chi connectivity index (χ2v) is 4.36. The largest absolute Gasteiger partial charge is 0.452 e. The summed E-state index contributed by atoms with van der Waals surface area (Å²) in [5.41, 5.74) is 1.10. The molecule has 0 aromatic heterocycles. The highest BCUT2D eigenvalue weighted by molar-refractivity contribution is 8.13. The summed E-state index contributed by atoms with van der Waals surface area (Å²) in [6.07, 6.45) is 0. The van der Waals surface area contributed by atoms with Gasteiger partial charge >= 0.3 is 5.30 Å². The zero-order chi connectivity index (χ0) is 10.3. The molecule has 0 amide bonds. The minimum absolute atomic E-state index is 0.209. The summed E-state index contributed by atoms with van der Waals surface area (Å²) < 4.78 is 4.98. The Bertz CT molecular complexity index is 548. The Kier molecular flexibility index (Phi) is 1.92. The molecule has 2 aromatic carbocycles. The SMILES string of the molecule is O=C1OCc2ccc3ccccc3c2S1. The maximum absolute atomic E-state index is 11.2. The molecule has 2 aromatic rings. The summed E-state index contributed by atoms with van der Waals surface area (Å²) in [5, 5.41) is 2.09. The average Bonchev–Trinajstić information content (AvgIpc) is 2.29. The van der Waals surface area contributed by atoms with Crippen molar-refractivity contribution in [2.75, 3.05) is 0 Å². The first-order valence-electron chi connectivity index (χ1n) is 4.70. The third-order valence-corrected chi connectivity index (χ3v) is 3.46. The average molecular weight is 216 g/mol. The summed E-state index contributed by atoms with van der Waals surface area (Å²) in [6.45, 7) is 0.395. The van der Waals surface area contributed by atoms with Crippen LogP contribution in [-0.4, -0.2) is 5.30 Å². The first-order valence-corrected chi connectivity index (χ1v) is 5.51. The van der Waals surface area contributed by atoms with Crippen LogP contribution in [-0.2, 0) is 11.3 Å². The number of rotatable bonds is 0. The highest BCUT2D eigenvalue weighted by Crippen LogP contribution is 2.36.